The molecule has 0 amide bonds. The molecule has 2 aromatic carbocycles. The molecule has 3 aliphatic heterocycles. The number of halogens is 2. The van der Waals surface area contributed by atoms with E-state index in [0.29, 0.717) is 39.4 Å². The Bertz CT molecular complexity index is 2770. The highest BCUT2D eigenvalue weighted by atomic mass is 32.7. The highest BCUT2D eigenvalue weighted by molar-refractivity contribution is 8.54. The third-order valence-electron chi connectivity index (χ3n) is 11.5. The standard InChI is InChI=1S/C43H51F2N7O14P2S/c1-2-3-4-5-6-7-8-9-20-59-28-16-12-27(13-17-28)42(54)62-29-14-10-26(11-15-29)23-69-68(58)61-22-31-36(33(44)41(64-31)52-25-49-35-38(46)47-24-48-39(35)52)65-67(56,57)60-21-30-37(66-68)34(45)40(63-30)51-19-18-32(53)50-43(51)55/h10-19,24-25,30-31,33-34,36-37,40-41H,2-9,20-23H2,1H3,(H,56,57)(H2,46,47,48)(H,50,53,55)/p-1/t30-,31-,33-,34-,36-,37-,40-,41-,68-/m1/s1. The fourth-order valence-corrected chi connectivity index (χ4v) is 12.2. The quantitative estimate of drug-likeness (QED) is 0.0435. The first kappa shape index (κ1) is 50.5. The van der Waals surface area contributed by atoms with E-state index in [2.05, 4.69) is 21.9 Å². The molecule has 26 heteroatoms. The van der Waals surface area contributed by atoms with E-state index >= 15 is 8.78 Å². The van der Waals surface area contributed by atoms with Crippen LogP contribution in [0, 0.1) is 0 Å². The van der Waals surface area contributed by atoms with Crippen LogP contribution in [0.3, 0.4) is 0 Å². The summed E-state index contributed by atoms with van der Waals surface area (Å²) >= 11 is 0.584. The van der Waals surface area contributed by atoms with Crippen LogP contribution in [0.15, 0.2) is 83.0 Å². The first-order chi connectivity index (χ1) is 33.2. The second kappa shape index (κ2) is 22.5. The molecule has 1 unspecified atom stereocenters. The summed E-state index contributed by atoms with van der Waals surface area (Å²) in [6.07, 6.45) is -2.60. The number of phosphoric acid groups is 1. The molecule has 3 N–H and O–H groups in total. The summed E-state index contributed by atoms with van der Waals surface area (Å²) in [6, 6.07) is 13.7. The number of anilines is 1. The first-order valence-electron chi connectivity index (χ1n) is 22.3. The predicted molar refractivity (Wildman–Crippen MR) is 243 cm³/mol. The number of alkyl halides is 2. The van der Waals surface area contributed by atoms with Crippen LogP contribution in [0.4, 0.5) is 14.6 Å². The topological polar surface area (TPSA) is 273 Å². The van der Waals surface area contributed by atoms with Gasteiger partial charge in [0.25, 0.3) is 13.4 Å². The SMILES string of the molecule is CCCCCCCCCCOc1ccc(C(=O)Oc2ccc(CS[P@]3(=O)OC[C@H]4O[C@@H](n5cnc6c(N)ncnc65)[C@H](F)[C@@H]4OP(=O)([O-])OC[C@H]4O[C@@H](n5ccc(=O)[nH]c5=O)[C@H](F)[C@@H]4O3)cc2)cc1. The van der Waals surface area contributed by atoms with Gasteiger partial charge in [0, 0.05) is 18.0 Å². The zero-order valence-corrected chi connectivity index (χ0v) is 39.7. The molecule has 3 aliphatic rings. The minimum atomic E-state index is -5.49. The van der Waals surface area contributed by atoms with Crippen LogP contribution in [-0.4, -0.2) is 91.6 Å². The van der Waals surface area contributed by atoms with E-state index in [0.717, 1.165) is 42.3 Å². The number of nitrogens with one attached hydrogen (secondary N) is 1. The second-order valence-electron chi connectivity index (χ2n) is 16.4. The van der Waals surface area contributed by atoms with Crippen molar-refractivity contribution in [3.8, 4) is 11.5 Å². The number of aromatic amines is 1. The Labute approximate surface area is 397 Å². The number of ether oxygens (including phenoxy) is 4. The lowest BCUT2D eigenvalue weighted by atomic mass is 10.1. The van der Waals surface area contributed by atoms with Crippen LogP contribution in [0.1, 0.15) is 86.7 Å². The summed E-state index contributed by atoms with van der Waals surface area (Å²) in [4.78, 5) is 64.8. The number of carbonyl (C=O) groups is 1. The number of phosphoric ester groups is 1. The van der Waals surface area contributed by atoms with Gasteiger partial charge in [-0.25, -0.2) is 37.9 Å². The van der Waals surface area contributed by atoms with Crippen molar-refractivity contribution < 1.29 is 64.6 Å². The van der Waals surface area contributed by atoms with Crippen LogP contribution in [0.25, 0.3) is 11.2 Å². The number of nitrogens with two attached hydrogens (primary N) is 1. The average Bonchev–Trinajstić information content (AvgIpc) is 3.99. The molecule has 10 atom stereocenters. The van der Waals surface area contributed by atoms with E-state index in [1.54, 1.807) is 36.4 Å². The number of unbranched alkanes of at least 4 members (excludes halogenated alkanes) is 7. The number of carbonyl (C=O) groups excluding carboxylic acids is 1. The molecule has 0 aliphatic carbocycles. The molecule has 0 saturated carbocycles. The third kappa shape index (κ3) is 12.4. The molecule has 3 saturated heterocycles. The molecule has 69 heavy (non-hydrogen) atoms. The molecule has 5 aromatic rings. The molecule has 0 spiro atoms. The van der Waals surface area contributed by atoms with Gasteiger partial charge in [0.15, 0.2) is 36.3 Å². The molecule has 6 heterocycles. The summed E-state index contributed by atoms with van der Waals surface area (Å²) in [5, 5.41) is 0. The number of fused-ring (bicyclic) bond motifs is 3. The van der Waals surface area contributed by atoms with Crippen LogP contribution >= 0.6 is 26.0 Å². The molecular formula is C43H50F2N7O14P2S-. The Morgan fingerprint density at radius 2 is 1.48 bits per heavy atom. The summed E-state index contributed by atoms with van der Waals surface area (Å²) in [5.74, 6) is 0.0618. The smallest absolute Gasteiger partial charge is 0.389 e. The van der Waals surface area contributed by atoms with Crippen LogP contribution in [0.2, 0.25) is 0 Å². The Morgan fingerprint density at radius 1 is 0.841 bits per heavy atom. The number of esters is 1. The number of nitrogen functional groups attached to an aromatic ring is 1. The van der Waals surface area contributed by atoms with Crippen molar-refractivity contribution in [2.75, 3.05) is 25.6 Å². The zero-order valence-electron chi connectivity index (χ0n) is 37.1. The highest BCUT2D eigenvalue weighted by Gasteiger charge is 2.54. The van der Waals surface area contributed by atoms with Crippen LogP contribution in [0.5, 0.6) is 11.5 Å². The van der Waals surface area contributed by atoms with Crippen molar-refractivity contribution in [1.82, 2.24) is 29.1 Å². The lowest BCUT2D eigenvalue weighted by Crippen LogP contribution is -2.38. The molecule has 8 rings (SSSR count). The van der Waals surface area contributed by atoms with Gasteiger partial charge in [0.1, 0.15) is 47.8 Å². The maximum Gasteiger partial charge on any atom is 0.389 e. The van der Waals surface area contributed by atoms with Gasteiger partial charge < -0.3 is 38.6 Å². The molecule has 0 bridgehead atoms. The monoisotopic (exact) mass is 1020 g/mol. The fraction of sp³-hybridized carbons (Fsp3) is 0.488. The average molecular weight is 1020 g/mol. The zero-order chi connectivity index (χ0) is 48.7. The van der Waals surface area contributed by atoms with E-state index in [1.165, 1.54) is 50.7 Å². The van der Waals surface area contributed by atoms with E-state index in [1.807, 2.05) is 4.98 Å². The Kier molecular flexibility index (Phi) is 16.5. The van der Waals surface area contributed by atoms with Crippen molar-refractivity contribution in [1.29, 1.82) is 0 Å². The number of hydrogen-bond acceptors (Lipinski definition) is 19. The lowest BCUT2D eigenvalue weighted by molar-refractivity contribution is -0.235. The number of H-pyrrole nitrogens is 1. The molecule has 3 fully saturated rings. The van der Waals surface area contributed by atoms with E-state index < -0.39 is 94.3 Å². The molecule has 3 aromatic heterocycles. The van der Waals surface area contributed by atoms with Crippen LogP contribution < -0.4 is 31.3 Å². The van der Waals surface area contributed by atoms with Gasteiger partial charge in [-0.3, -0.25) is 32.5 Å². The first-order valence-corrected chi connectivity index (χ1v) is 26.9. The Morgan fingerprint density at radius 3 is 2.17 bits per heavy atom. The number of aromatic nitrogens is 6. The summed E-state index contributed by atoms with van der Waals surface area (Å²) < 4.78 is 108. The highest BCUT2D eigenvalue weighted by Crippen LogP contribution is 2.64. The fourth-order valence-electron chi connectivity index (χ4n) is 7.88. The normalized spacial score (nSPS) is 28.3. The number of hydrogen-bond donors (Lipinski definition) is 2. The van der Waals surface area contributed by atoms with Gasteiger partial charge in [-0.2, -0.15) is 0 Å². The van der Waals surface area contributed by atoms with Gasteiger partial charge in [-0.05, 0) is 59.8 Å². The molecule has 372 valence electrons. The predicted octanol–water partition coefficient (Wildman–Crippen LogP) is 6.50. The van der Waals surface area contributed by atoms with Gasteiger partial charge in [0.05, 0.1) is 31.7 Å². The lowest BCUT2D eigenvalue weighted by Gasteiger charge is -2.32. The Hall–Kier alpha value is -4.87. The van der Waals surface area contributed by atoms with Gasteiger partial charge in [-0.1, -0.05) is 64.0 Å². The van der Waals surface area contributed by atoms with Crippen molar-refractivity contribution >= 4 is 49.0 Å². The molecular weight excluding hydrogens is 971 g/mol. The largest absolute Gasteiger partial charge is 0.756 e. The molecule has 21 nitrogen and oxygen atoms in total. The van der Waals surface area contributed by atoms with Gasteiger partial charge >= 0.3 is 18.5 Å². The van der Waals surface area contributed by atoms with Crippen molar-refractivity contribution in [2.24, 2.45) is 0 Å². The summed E-state index contributed by atoms with van der Waals surface area (Å²) in [6.45, 7) is -3.74. The van der Waals surface area contributed by atoms with E-state index in [-0.39, 0.29) is 28.5 Å². The number of rotatable bonds is 17. The second-order valence-corrected chi connectivity index (χ2v) is 21.8. The maximum absolute atomic E-state index is 16.5. The Balaban J connectivity index is 0.953. The molecule has 0 radical (unpaired) electrons. The van der Waals surface area contributed by atoms with Crippen molar-refractivity contribution in [2.45, 2.75) is 113 Å². The van der Waals surface area contributed by atoms with Crippen molar-refractivity contribution in [3.05, 3.63) is 105 Å². The van der Waals surface area contributed by atoms with E-state index in [9.17, 15) is 28.4 Å². The number of imidazole rings is 1. The summed E-state index contributed by atoms with van der Waals surface area (Å²) in [5.41, 5.74) is 4.98. The number of benzene rings is 2. The third-order valence-corrected chi connectivity index (χ3v) is 16.1. The van der Waals surface area contributed by atoms with Gasteiger partial charge in [0.2, 0.25) is 0 Å². The van der Waals surface area contributed by atoms with Crippen molar-refractivity contribution in [3.63, 3.8) is 0 Å². The number of nitrogens with zero attached hydrogens (tertiary/aromatic N) is 5. The van der Waals surface area contributed by atoms with Gasteiger partial charge in [-0.15, -0.1) is 0 Å². The minimum Gasteiger partial charge on any atom is -0.756 e. The maximum atomic E-state index is 16.5. The van der Waals surface area contributed by atoms with Crippen LogP contribution in [-0.2, 0) is 42.5 Å². The summed E-state index contributed by atoms with van der Waals surface area (Å²) in [7, 11) is -5.49. The van der Waals surface area contributed by atoms with E-state index in [4.69, 9.17) is 42.8 Å². The minimum absolute atomic E-state index is 0.0240.